The summed E-state index contributed by atoms with van der Waals surface area (Å²) in [6.07, 6.45) is 0.661. The van der Waals surface area contributed by atoms with Gasteiger partial charge in [-0.15, -0.1) is 0 Å². The third kappa shape index (κ3) is 4.58. The van der Waals surface area contributed by atoms with Gasteiger partial charge in [0.1, 0.15) is 0 Å². The Morgan fingerprint density at radius 1 is 1.06 bits per heavy atom. The molecule has 1 atom stereocenters. The summed E-state index contributed by atoms with van der Waals surface area (Å²) in [6, 6.07) is 10.5. The second kappa shape index (κ2) is 10.00. The number of ether oxygens (including phenoxy) is 3. The number of nitrogens with zero attached hydrogens (tertiary/aromatic N) is 3. The first-order valence-electron chi connectivity index (χ1n) is 11.2. The van der Waals surface area contributed by atoms with E-state index in [-0.39, 0.29) is 12.3 Å². The van der Waals surface area contributed by atoms with Gasteiger partial charge in [0.05, 0.1) is 55.9 Å². The Kier molecular flexibility index (Phi) is 7.03. The molecule has 0 fully saturated rings. The van der Waals surface area contributed by atoms with Gasteiger partial charge in [0.25, 0.3) is 5.91 Å². The Morgan fingerprint density at radius 2 is 1.71 bits per heavy atom. The number of amides is 1. The Hall–Kier alpha value is -3.52. The molecule has 2 aromatic carbocycles. The normalized spacial score (nSPS) is 14.9. The summed E-state index contributed by atoms with van der Waals surface area (Å²) in [7, 11) is 4.48. The van der Waals surface area contributed by atoms with Crippen LogP contribution >= 0.6 is 11.6 Å². The molecule has 3 aromatic rings. The van der Waals surface area contributed by atoms with E-state index in [1.54, 1.807) is 35.9 Å². The number of hydrogen-bond donors (Lipinski definition) is 0. The number of aromatic nitrogens is 2. The molecule has 1 aliphatic heterocycles. The van der Waals surface area contributed by atoms with Gasteiger partial charge < -0.3 is 19.1 Å². The van der Waals surface area contributed by atoms with Gasteiger partial charge in [0.2, 0.25) is 0 Å². The molecule has 2 heterocycles. The van der Waals surface area contributed by atoms with E-state index in [1.807, 2.05) is 38.1 Å². The lowest BCUT2D eigenvalue weighted by molar-refractivity contribution is -0.141. The van der Waals surface area contributed by atoms with Gasteiger partial charge in [0, 0.05) is 12.1 Å². The van der Waals surface area contributed by atoms with E-state index in [1.165, 1.54) is 7.11 Å². The number of carbonyl (C=O) groups excluding carboxylic acids is 2. The van der Waals surface area contributed by atoms with Crippen molar-refractivity contribution in [3.8, 4) is 17.2 Å². The molecule has 1 aromatic heterocycles. The quantitative estimate of drug-likeness (QED) is 0.467. The van der Waals surface area contributed by atoms with Gasteiger partial charge in [-0.2, -0.15) is 5.10 Å². The van der Waals surface area contributed by atoms with Crippen molar-refractivity contribution < 1.29 is 23.8 Å². The number of rotatable bonds is 6. The number of methoxy groups -OCH3 is 3. The van der Waals surface area contributed by atoms with Crippen LogP contribution in [0.1, 0.15) is 45.3 Å². The van der Waals surface area contributed by atoms with Crippen LogP contribution in [0.15, 0.2) is 36.4 Å². The first-order chi connectivity index (χ1) is 16.8. The van der Waals surface area contributed by atoms with Crippen LogP contribution in [0, 0.1) is 13.8 Å². The molecule has 0 spiro atoms. The molecule has 35 heavy (non-hydrogen) atoms. The highest BCUT2D eigenvalue weighted by atomic mass is 35.5. The number of carbonyl (C=O) groups is 2. The first kappa shape index (κ1) is 24.6. The van der Waals surface area contributed by atoms with E-state index in [4.69, 9.17) is 25.8 Å². The zero-order valence-electron chi connectivity index (χ0n) is 20.4. The molecule has 1 aliphatic rings. The largest absolute Gasteiger partial charge is 0.493 e. The Morgan fingerprint density at radius 3 is 2.29 bits per heavy atom. The van der Waals surface area contributed by atoms with E-state index in [9.17, 15) is 9.59 Å². The molecular formula is C26H28ClN3O5. The standard InChI is InChI=1S/C26H28ClN3O5/c1-15-25(27)16(2)30(28-15)19-8-6-17(7-9-19)26(32)29-11-10-18-12-22(33-3)23(34-4)13-20(18)21(29)14-24(31)35-5/h6-9,12-13,21H,10-11,14H2,1-5H3. The van der Waals surface area contributed by atoms with Crippen molar-refractivity contribution in [1.82, 2.24) is 14.7 Å². The van der Waals surface area contributed by atoms with Crippen molar-refractivity contribution in [3.05, 3.63) is 69.5 Å². The fourth-order valence-corrected chi connectivity index (χ4v) is 4.64. The zero-order chi connectivity index (χ0) is 25.3. The molecule has 0 saturated carbocycles. The molecule has 8 nitrogen and oxygen atoms in total. The fourth-order valence-electron chi connectivity index (χ4n) is 4.52. The minimum Gasteiger partial charge on any atom is -0.493 e. The molecule has 0 aliphatic carbocycles. The van der Waals surface area contributed by atoms with Crippen molar-refractivity contribution in [2.24, 2.45) is 0 Å². The molecule has 0 radical (unpaired) electrons. The van der Waals surface area contributed by atoms with Crippen molar-refractivity contribution in [3.63, 3.8) is 0 Å². The molecular weight excluding hydrogens is 470 g/mol. The minimum absolute atomic E-state index is 0.0348. The number of esters is 1. The van der Waals surface area contributed by atoms with Crippen LogP contribution in [0.2, 0.25) is 5.02 Å². The van der Waals surface area contributed by atoms with E-state index < -0.39 is 12.0 Å². The maximum absolute atomic E-state index is 13.6. The van der Waals surface area contributed by atoms with Crippen molar-refractivity contribution in [1.29, 1.82) is 0 Å². The van der Waals surface area contributed by atoms with E-state index in [2.05, 4.69) is 5.10 Å². The molecule has 4 rings (SSSR count). The van der Waals surface area contributed by atoms with Crippen LogP contribution in [0.3, 0.4) is 0 Å². The lowest BCUT2D eigenvalue weighted by Gasteiger charge is -2.37. The topological polar surface area (TPSA) is 82.9 Å². The highest BCUT2D eigenvalue weighted by Gasteiger charge is 2.34. The number of fused-ring (bicyclic) bond motifs is 1. The number of aryl methyl sites for hydroxylation is 1. The maximum Gasteiger partial charge on any atom is 0.307 e. The lowest BCUT2D eigenvalue weighted by atomic mass is 9.89. The maximum atomic E-state index is 13.6. The van der Waals surface area contributed by atoms with Crippen molar-refractivity contribution in [2.75, 3.05) is 27.9 Å². The summed E-state index contributed by atoms with van der Waals surface area (Å²) in [5, 5.41) is 5.09. The van der Waals surface area contributed by atoms with Crippen LogP contribution < -0.4 is 9.47 Å². The SMILES string of the molecule is COC(=O)CC1c2cc(OC)c(OC)cc2CCN1C(=O)c1ccc(-n2nc(C)c(Cl)c2C)cc1. The van der Waals surface area contributed by atoms with Gasteiger partial charge in [0.15, 0.2) is 11.5 Å². The average molecular weight is 498 g/mol. The monoisotopic (exact) mass is 497 g/mol. The molecule has 0 N–H and O–H groups in total. The predicted octanol–water partition coefficient (Wildman–Crippen LogP) is 4.46. The molecule has 1 amide bonds. The van der Waals surface area contributed by atoms with Crippen LogP contribution in [0.5, 0.6) is 11.5 Å². The van der Waals surface area contributed by atoms with Crippen LogP contribution in [0.25, 0.3) is 5.69 Å². The second-order valence-corrected chi connectivity index (χ2v) is 8.77. The lowest BCUT2D eigenvalue weighted by Crippen LogP contribution is -2.41. The van der Waals surface area contributed by atoms with E-state index in [0.29, 0.717) is 35.1 Å². The Labute approximate surface area is 209 Å². The smallest absolute Gasteiger partial charge is 0.307 e. The Balaban J connectivity index is 1.68. The zero-order valence-corrected chi connectivity index (χ0v) is 21.2. The minimum atomic E-state index is -0.493. The van der Waals surface area contributed by atoms with Crippen LogP contribution in [-0.4, -0.2) is 54.4 Å². The van der Waals surface area contributed by atoms with E-state index >= 15 is 0 Å². The van der Waals surface area contributed by atoms with Gasteiger partial charge in [-0.25, -0.2) is 4.68 Å². The fraction of sp³-hybridized carbons (Fsp3) is 0.346. The van der Waals surface area contributed by atoms with Gasteiger partial charge in [-0.1, -0.05) is 11.6 Å². The van der Waals surface area contributed by atoms with Crippen LogP contribution in [0.4, 0.5) is 0 Å². The van der Waals surface area contributed by atoms with E-state index in [0.717, 1.165) is 28.2 Å². The number of benzene rings is 2. The highest BCUT2D eigenvalue weighted by Crippen LogP contribution is 2.40. The first-order valence-corrected chi connectivity index (χ1v) is 11.6. The molecule has 1 unspecified atom stereocenters. The summed E-state index contributed by atoms with van der Waals surface area (Å²) < 4.78 is 17.6. The summed E-state index contributed by atoms with van der Waals surface area (Å²) in [5.41, 5.74) is 4.76. The summed E-state index contributed by atoms with van der Waals surface area (Å²) >= 11 is 6.28. The van der Waals surface area contributed by atoms with Crippen LogP contribution in [-0.2, 0) is 16.0 Å². The van der Waals surface area contributed by atoms with Gasteiger partial charge in [-0.05, 0) is 67.8 Å². The molecule has 184 valence electrons. The van der Waals surface area contributed by atoms with Gasteiger partial charge >= 0.3 is 5.97 Å². The highest BCUT2D eigenvalue weighted by molar-refractivity contribution is 6.31. The molecule has 0 saturated heterocycles. The summed E-state index contributed by atoms with van der Waals surface area (Å²) in [4.78, 5) is 27.6. The second-order valence-electron chi connectivity index (χ2n) is 8.39. The van der Waals surface area contributed by atoms with Gasteiger partial charge in [-0.3, -0.25) is 9.59 Å². The summed E-state index contributed by atoms with van der Waals surface area (Å²) in [5.74, 6) is 0.593. The number of hydrogen-bond acceptors (Lipinski definition) is 6. The van der Waals surface area contributed by atoms with Crippen molar-refractivity contribution >= 4 is 23.5 Å². The molecule has 0 bridgehead atoms. The Bertz CT molecular complexity index is 1270. The number of halogens is 1. The van der Waals surface area contributed by atoms with Crippen molar-refractivity contribution in [2.45, 2.75) is 32.7 Å². The molecule has 9 heteroatoms. The third-order valence-electron chi connectivity index (χ3n) is 6.41. The third-order valence-corrected chi connectivity index (χ3v) is 6.96. The average Bonchev–Trinajstić information content (AvgIpc) is 3.14. The summed E-state index contributed by atoms with van der Waals surface area (Å²) in [6.45, 7) is 4.20. The predicted molar refractivity (Wildman–Crippen MR) is 132 cm³/mol.